The van der Waals surface area contributed by atoms with Crippen LogP contribution in [0.25, 0.3) is 0 Å². The summed E-state index contributed by atoms with van der Waals surface area (Å²) in [6.45, 7) is 8.49. The molecule has 3 heterocycles. The van der Waals surface area contributed by atoms with Crippen molar-refractivity contribution in [2.45, 2.75) is 32.2 Å². The lowest BCUT2D eigenvalue weighted by atomic mass is 10.1. The molecule has 0 spiro atoms. The largest absolute Gasteiger partial charge is 0.484 e. The fourth-order valence-electron chi connectivity index (χ4n) is 3.35. The van der Waals surface area contributed by atoms with Crippen molar-refractivity contribution in [2.24, 2.45) is 0 Å². The molecule has 3 aromatic rings. The summed E-state index contributed by atoms with van der Waals surface area (Å²) in [5.74, 6) is 1.61. The fraction of sp³-hybridized carbons (Fsp3) is 0.409. The van der Waals surface area contributed by atoms with Crippen molar-refractivity contribution in [3.63, 3.8) is 0 Å². The van der Waals surface area contributed by atoms with Crippen molar-refractivity contribution in [1.82, 2.24) is 20.0 Å². The molecule has 0 bridgehead atoms. The molecule has 164 valence electrons. The number of hydrogen-bond acceptors (Lipinski definition) is 8. The van der Waals surface area contributed by atoms with Gasteiger partial charge in [-0.3, -0.25) is 9.69 Å². The van der Waals surface area contributed by atoms with Crippen LogP contribution in [0.1, 0.15) is 21.9 Å². The van der Waals surface area contributed by atoms with E-state index in [0.29, 0.717) is 16.9 Å². The van der Waals surface area contributed by atoms with Crippen molar-refractivity contribution < 1.29 is 13.9 Å². The van der Waals surface area contributed by atoms with Crippen LogP contribution in [-0.2, 0) is 17.9 Å². The van der Waals surface area contributed by atoms with Crippen LogP contribution in [0.15, 0.2) is 45.4 Å². The number of carbonyl (C=O) groups excluding carboxylic acids is 1. The van der Waals surface area contributed by atoms with E-state index in [2.05, 4.69) is 32.6 Å². The maximum atomic E-state index is 12.6. The first kappa shape index (κ1) is 21.9. The van der Waals surface area contributed by atoms with Gasteiger partial charge >= 0.3 is 0 Å². The molecule has 31 heavy (non-hydrogen) atoms. The Balaban J connectivity index is 1.20. The van der Waals surface area contributed by atoms with E-state index in [1.54, 1.807) is 11.3 Å². The molecule has 1 aliphatic rings. The Morgan fingerprint density at radius 1 is 1.19 bits per heavy atom. The summed E-state index contributed by atoms with van der Waals surface area (Å²) in [5, 5.41) is 10.5. The minimum Gasteiger partial charge on any atom is -0.484 e. The molecule has 9 heteroatoms. The van der Waals surface area contributed by atoms with Gasteiger partial charge in [0.15, 0.2) is 6.61 Å². The highest BCUT2D eigenvalue weighted by Crippen LogP contribution is 2.22. The molecule has 1 aliphatic heterocycles. The predicted octanol–water partition coefficient (Wildman–Crippen LogP) is 3.76. The Labute approximate surface area is 190 Å². The van der Waals surface area contributed by atoms with Crippen LogP contribution >= 0.6 is 23.1 Å². The minimum absolute atomic E-state index is 0.104. The number of ether oxygens (including phenoxy) is 1. The third kappa shape index (κ3) is 6.09. The standard InChI is InChI=1S/C22H26N4O3S2/c1-16-5-6-17(2)19(12-16)28-14-20-23-24-22(29-20)31-15-21(27)26-9-7-25(8-10-26)13-18-4-3-11-30-18/h3-6,11-12H,7-10,13-15H2,1-2H3. The summed E-state index contributed by atoms with van der Waals surface area (Å²) in [4.78, 5) is 18.2. The number of amides is 1. The zero-order valence-electron chi connectivity index (χ0n) is 17.7. The van der Waals surface area contributed by atoms with E-state index < -0.39 is 0 Å². The van der Waals surface area contributed by atoms with Gasteiger partial charge in [0.25, 0.3) is 11.1 Å². The summed E-state index contributed by atoms with van der Waals surface area (Å²) in [6.07, 6.45) is 0. The molecule has 1 saturated heterocycles. The number of piperazine rings is 1. The van der Waals surface area contributed by atoms with Crippen LogP contribution in [0.4, 0.5) is 0 Å². The van der Waals surface area contributed by atoms with Crippen molar-refractivity contribution in [1.29, 1.82) is 0 Å². The van der Waals surface area contributed by atoms with Gasteiger partial charge in [0.05, 0.1) is 5.75 Å². The maximum absolute atomic E-state index is 12.6. The normalized spacial score (nSPS) is 14.7. The van der Waals surface area contributed by atoms with Gasteiger partial charge in [0.2, 0.25) is 5.91 Å². The lowest BCUT2D eigenvalue weighted by Gasteiger charge is -2.34. The number of thioether (sulfide) groups is 1. The van der Waals surface area contributed by atoms with Crippen LogP contribution in [0, 0.1) is 13.8 Å². The molecule has 1 aromatic carbocycles. The molecule has 7 nitrogen and oxygen atoms in total. The predicted molar refractivity (Wildman–Crippen MR) is 121 cm³/mol. The molecule has 0 aliphatic carbocycles. The summed E-state index contributed by atoms with van der Waals surface area (Å²) in [6, 6.07) is 10.3. The number of hydrogen-bond donors (Lipinski definition) is 0. The van der Waals surface area contributed by atoms with E-state index in [4.69, 9.17) is 9.15 Å². The Morgan fingerprint density at radius 3 is 2.81 bits per heavy atom. The Hall–Kier alpha value is -2.36. The number of rotatable bonds is 8. The quantitative estimate of drug-likeness (QED) is 0.476. The van der Waals surface area contributed by atoms with Gasteiger partial charge in [-0.25, -0.2) is 0 Å². The van der Waals surface area contributed by atoms with Gasteiger partial charge < -0.3 is 14.1 Å². The molecule has 0 atom stereocenters. The molecule has 0 radical (unpaired) electrons. The van der Waals surface area contributed by atoms with E-state index in [1.165, 1.54) is 16.6 Å². The highest BCUT2D eigenvalue weighted by atomic mass is 32.2. The highest BCUT2D eigenvalue weighted by Gasteiger charge is 2.22. The average Bonchev–Trinajstić information content (AvgIpc) is 3.45. The van der Waals surface area contributed by atoms with Crippen molar-refractivity contribution in [2.75, 3.05) is 31.9 Å². The lowest BCUT2D eigenvalue weighted by molar-refractivity contribution is -0.130. The summed E-state index contributed by atoms with van der Waals surface area (Å²) in [7, 11) is 0. The Morgan fingerprint density at radius 2 is 2.03 bits per heavy atom. The SMILES string of the molecule is Cc1ccc(C)c(OCc2nnc(SCC(=O)N3CCN(Cc4cccs4)CC3)o2)c1. The molecule has 1 amide bonds. The Kier molecular flexibility index (Phi) is 7.26. The van der Waals surface area contributed by atoms with Gasteiger partial charge in [-0.05, 0) is 42.5 Å². The molecule has 4 rings (SSSR count). The molecular formula is C22H26N4O3S2. The van der Waals surface area contributed by atoms with Gasteiger partial charge in [-0.15, -0.1) is 21.5 Å². The fourth-order valence-corrected chi connectivity index (χ4v) is 4.78. The van der Waals surface area contributed by atoms with Crippen LogP contribution in [0.5, 0.6) is 5.75 Å². The maximum Gasteiger partial charge on any atom is 0.277 e. The second kappa shape index (κ2) is 10.3. The number of thiophene rings is 1. The molecule has 1 fully saturated rings. The Bertz CT molecular complexity index is 998. The van der Waals surface area contributed by atoms with E-state index in [1.807, 2.05) is 36.9 Å². The molecular weight excluding hydrogens is 432 g/mol. The molecule has 0 saturated carbocycles. The first-order valence-corrected chi connectivity index (χ1v) is 12.1. The molecule has 2 aromatic heterocycles. The van der Waals surface area contributed by atoms with Gasteiger partial charge in [-0.1, -0.05) is 30.0 Å². The number of aryl methyl sites for hydroxylation is 2. The zero-order chi connectivity index (χ0) is 21.6. The zero-order valence-corrected chi connectivity index (χ0v) is 19.4. The van der Waals surface area contributed by atoms with Crippen molar-refractivity contribution in [3.05, 3.63) is 57.6 Å². The molecule has 0 unspecified atom stereocenters. The van der Waals surface area contributed by atoms with E-state index >= 15 is 0 Å². The first-order valence-electron chi connectivity index (χ1n) is 10.2. The van der Waals surface area contributed by atoms with Crippen LogP contribution in [0.3, 0.4) is 0 Å². The first-order chi connectivity index (χ1) is 15.1. The van der Waals surface area contributed by atoms with E-state index in [9.17, 15) is 4.79 Å². The average molecular weight is 459 g/mol. The van der Waals surface area contributed by atoms with Crippen molar-refractivity contribution in [3.8, 4) is 5.75 Å². The van der Waals surface area contributed by atoms with Crippen LogP contribution < -0.4 is 4.74 Å². The van der Waals surface area contributed by atoms with Crippen molar-refractivity contribution >= 4 is 29.0 Å². The highest BCUT2D eigenvalue weighted by molar-refractivity contribution is 7.99. The summed E-state index contributed by atoms with van der Waals surface area (Å²) >= 11 is 3.05. The monoisotopic (exact) mass is 458 g/mol. The smallest absolute Gasteiger partial charge is 0.277 e. The molecule has 0 N–H and O–H groups in total. The number of benzene rings is 1. The number of nitrogens with zero attached hydrogens (tertiary/aromatic N) is 4. The number of carbonyl (C=O) groups is 1. The third-order valence-electron chi connectivity index (χ3n) is 5.15. The van der Waals surface area contributed by atoms with Crippen LogP contribution in [0.2, 0.25) is 0 Å². The second-order valence-corrected chi connectivity index (χ2v) is 9.50. The number of aromatic nitrogens is 2. The minimum atomic E-state index is 0.104. The lowest BCUT2D eigenvalue weighted by Crippen LogP contribution is -2.48. The second-order valence-electron chi connectivity index (χ2n) is 7.54. The topological polar surface area (TPSA) is 71.7 Å². The summed E-state index contributed by atoms with van der Waals surface area (Å²) in [5.41, 5.74) is 2.19. The van der Waals surface area contributed by atoms with E-state index in [-0.39, 0.29) is 12.5 Å². The van der Waals surface area contributed by atoms with E-state index in [0.717, 1.165) is 49.6 Å². The van der Waals surface area contributed by atoms with Gasteiger partial charge in [0, 0.05) is 37.6 Å². The third-order valence-corrected chi connectivity index (χ3v) is 6.81. The summed E-state index contributed by atoms with van der Waals surface area (Å²) < 4.78 is 11.4. The van der Waals surface area contributed by atoms with Gasteiger partial charge in [-0.2, -0.15) is 0 Å². The van der Waals surface area contributed by atoms with Crippen LogP contribution in [-0.4, -0.2) is 57.8 Å². The van der Waals surface area contributed by atoms with Gasteiger partial charge in [0.1, 0.15) is 5.75 Å².